The normalized spacial score (nSPS) is 20.9. The van der Waals surface area contributed by atoms with Crippen molar-refractivity contribution in [1.82, 2.24) is 10.2 Å². The highest BCUT2D eigenvalue weighted by atomic mass is 16.3. The van der Waals surface area contributed by atoms with Crippen LogP contribution in [0.15, 0.2) is 24.3 Å². The first-order valence-electron chi connectivity index (χ1n) is 7.98. The van der Waals surface area contributed by atoms with Crippen LogP contribution in [0.1, 0.15) is 31.2 Å². The molecule has 124 valence electrons. The minimum atomic E-state index is -0.232. The zero-order valence-electron chi connectivity index (χ0n) is 13.2. The second-order valence-electron chi connectivity index (χ2n) is 6.02. The molecule has 1 saturated carbocycles. The number of nitrogens with zero attached hydrogens (tertiary/aromatic N) is 1. The summed E-state index contributed by atoms with van der Waals surface area (Å²) in [5.74, 6) is 2.52. The van der Waals surface area contributed by atoms with Gasteiger partial charge in [-0.15, -0.1) is 6.42 Å². The molecule has 1 aromatic rings. The quantitative estimate of drug-likeness (QED) is 0.691. The van der Waals surface area contributed by atoms with Crippen molar-refractivity contribution in [3.05, 3.63) is 29.8 Å². The molecule has 0 saturated heterocycles. The summed E-state index contributed by atoms with van der Waals surface area (Å²) in [6, 6.07) is 7.32. The van der Waals surface area contributed by atoms with E-state index in [2.05, 4.69) is 16.1 Å². The highest BCUT2D eigenvalue weighted by Gasteiger charge is 2.26. The summed E-state index contributed by atoms with van der Waals surface area (Å²) in [6.07, 6.45) is 8.18. The zero-order valence-corrected chi connectivity index (χ0v) is 13.2. The lowest BCUT2D eigenvalue weighted by Gasteiger charge is -2.35. The molecule has 0 spiro atoms. The predicted molar refractivity (Wildman–Crippen MR) is 88.6 cm³/mol. The third-order valence-electron chi connectivity index (χ3n) is 4.21. The summed E-state index contributed by atoms with van der Waals surface area (Å²) in [7, 11) is 0. The van der Waals surface area contributed by atoms with Gasteiger partial charge in [-0.1, -0.05) is 18.1 Å². The third-order valence-corrected chi connectivity index (χ3v) is 4.21. The number of hydrogen-bond donors (Lipinski definition) is 3. The highest BCUT2D eigenvalue weighted by Crippen LogP contribution is 2.25. The van der Waals surface area contributed by atoms with Gasteiger partial charge < -0.3 is 15.5 Å². The van der Waals surface area contributed by atoms with E-state index in [0.717, 1.165) is 31.2 Å². The van der Waals surface area contributed by atoms with Gasteiger partial charge in [-0.3, -0.25) is 9.69 Å². The van der Waals surface area contributed by atoms with Crippen molar-refractivity contribution in [2.75, 3.05) is 13.1 Å². The van der Waals surface area contributed by atoms with Crippen LogP contribution < -0.4 is 5.32 Å². The SMILES string of the molecule is C#CCNC(=O)CN(Cc1cccc(O)c1)C1CCC(O)CC1. The molecule has 1 aromatic carbocycles. The van der Waals surface area contributed by atoms with Gasteiger partial charge >= 0.3 is 0 Å². The fourth-order valence-electron chi connectivity index (χ4n) is 3.02. The van der Waals surface area contributed by atoms with Gasteiger partial charge in [0.05, 0.1) is 19.2 Å². The zero-order chi connectivity index (χ0) is 16.7. The van der Waals surface area contributed by atoms with E-state index in [-0.39, 0.29) is 36.9 Å². The Morgan fingerprint density at radius 2 is 2.09 bits per heavy atom. The van der Waals surface area contributed by atoms with Crippen LogP contribution in [0, 0.1) is 12.3 Å². The van der Waals surface area contributed by atoms with Crippen LogP contribution in [-0.4, -0.2) is 46.3 Å². The molecule has 1 aliphatic carbocycles. The molecule has 1 fully saturated rings. The molecule has 1 aliphatic rings. The summed E-state index contributed by atoms with van der Waals surface area (Å²) in [5.41, 5.74) is 0.959. The van der Waals surface area contributed by atoms with E-state index in [1.165, 1.54) is 0 Å². The van der Waals surface area contributed by atoms with Crippen molar-refractivity contribution in [2.24, 2.45) is 0 Å². The van der Waals surface area contributed by atoms with E-state index in [9.17, 15) is 15.0 Å². The van der Waals surface area contributed by atoms with Crippen molar-refractivity contribution in [1.29, 1.82) is 0 Å². The van der Waals surface area contributed by atoms with Crippen molar-refractivity contribution < 1.29 is 15.0 Å². The molecule has 0 atom stereocenters. The number of terminal acetylenes is 1. The number of carbonyl (C=O) groups is 1. The van der Waals surface area contributed by atoms with Crippen molar-refractivity contribution >= 4 is 5.91 Å². The Morgan fingerprint density at radius 3 is 2.74 bits per heavy atom. The van der Waals surface area contributed by atoms with Gasteiger partial charge in [0, 0.05) is 12.6 Å². The lowest BCUT2D eigenvalue weighted by atomic mass is 9.91. The topological polar surface area (TPSA) is 72.8 Å². The average molecular weight is 316 g/mol. The second kappa shape index (κ2) is 8.56. The van der Waals surface area contributed by atoms with Gasteiger partial charge in [-0.25, -0.2) is 0 Å². The number of nitrogens with one attached hydrogen (secondary N) is 1. The number of hydrogen-bond acceptors (Lipinski definition) is 4. The Balaban J connectivity index is 2.04. The van der Waals surface area contributed by atoms with Gasteiger partial charge in [0.1, 0.15) is 5.75 Å². The Hall–Kier alpha value is -2.03. The highest BCUT2D eigenvalue weighted by molar-refractivity contribution is 5.78. The Kier molecular flexibility index (Phi) is 6.45. The lowest BCUT2D eigenvalue weighted by molar-refractivity contribution is -0.123. The van der Waals surface area contributed by atoms with Gasteiger partial charge in [0.15, 0.2) is 0 Å². The van der Waals surface area contributed by atoms with E-state index in [1.54, 1.807) is 18.2 Å². The number of benzene rings is 1. The van der Waals surface area contributed by atoms with Crippen LogP contribution in [0.4, 0.5) is 0 Å². The maximum atomic E-state index is 12.0. The largest absolute Gasteiger partial charge is 0.508 e. The smallest absolute Gasteiger partial charge is 0.234 e. The van der Waals surface area contributed by atoms with E-state index >= 15 is 0 Å². The Bertz CT molecular complexity index is 560. The maximum absolute atomic E-state index is 12.0. The summed E-state index contributed by atoms with van der Waals surface area (Å²) >= 11 is 0. The van der Waals surface area contributed by atoms with Gasteiger partial charge in [-0.2, -0.15) is 0 Å². The standard InChI is InChI=1S/C18H24N2O3/c1-2-10-19-18(23)13-20(15-6-8-16(21)9-7-15)12-14-4-3-5-17(22)11-14/h1,3-5,11,15-16,21-22H,6-10,12-13H2,(H,19,23). The molecule has 1 amide bonds. The molecule has 2 rings (SSSR count). The number of rotatable bonds is 6. The summed E-state index contributed by atoms with van der Waals surface area (Å²) in [6.45, 7) is 1.07. The van der Waals surface area contributed by atoms with E-state index in [0.29, 0.717) is 6.54 Å². The van der Waals surface area contributed by atoms with Crippen LogP contribution in [0.25, 0.3) is 0 Å². The van der Waals surface area contributed by atoms with Crippen LogP contribution in [-0.2, 0) is 11.3 Å². The molecule has 0 unspecified atom stereocenters. The number of aliphatic hydroxyl groups excluding tert-OH is 1. The van der Waals surface area contributed by atoms with Crippen LogP contribution in [0.5, 0.6) is 5.75 Å². The summed E-state index contributed by atoms with van der Waals surface area (Å²) in [4.78, 5) is 14.1. The number of carbonyl (C=O) groups excluding carboxylic acids is 1. The van der Waals surface area contributed by atoms with Crippen LogP contribution in [0.2, 0.25) is 0 Å². The Morgan fingerprint density at radius 1 is 1.35 bits per heavy atom. The van der Waals surface area contributed by atoms with Crippen LogP contribution >= 0.6 is 0 Å². The van der Waals surface area contributed by atoms with E-state index in [4.69, 9.17) is 6.42 Å². The first-order valence-corrected chi connectivity index (χ1v) is 7.98. The molecule has 0 bridgehead atoms. The molecular weight excluding hydrogens is 292 g/mol. The van der Waals surface area contributed by atoms with Gasteiger partial charge in [0.25, 0.3) is 0 Å². The number of phenols is 1. The predicted octanol–water partition coefficient (Wildman–Crippen LogP) is 1.25. The first-order chi connectivity index (χ1) is 11.1. The molecule has 5 heteroatoms. The third kappa shape index (κ3) is 5.59. The summed E-state index contributed by atoms with van der Waals surface area (Å²) in [5, 5.41) is 22.0. The number of aromatic hydroxyl groups is 1. The van der Waals surface area contributed by atoms with Crippen LogP contribution in [0.3, 0.4) is 0 Å². The number of aliphatic hydroxyl groups is 1. The van der Waals surface area contributed by atoms with Crippen molar-refractivity contribution in [3.63, 3.8) is 0 Å². The molecule has 5 nitrogen and oxygen atoms in total. The minimum absolute atomic E-state index is 0.103. The molecular formula is C18H24N2O3. The van der Waals surface area contributed by atoms with E-state index in [1.807, 2.05) is 6.07 Å². The fourth-order valence-corrected chi connectivity index (χ4v) is 3.02. The van der Waals surface area contributed by atoms with Crippen molar-refractivity contribution in [2.45, 2.75) is 44.4 Å². The molecule has 0 aliphatic heterocycles. The number of amides is 1. The lowest BCUT2D eigenvalue weighted by Crippen LogP contribution is -2.44. The molecule has 0 heterocycles. The Labute approximate surface area is 137 Å². The fraction of sp³-hybridized carbons (Fsp3) is 0.500. The van der Waals surface area contributed by atoms with E-state index < -0.39 is 0 Å². The average Bonchev–Trinajstić information content (AvgIpc) is 2.53. The summed E-state index contributed by atoms with van der Waals surface area (Å²) < 4.78 is 0. The maximum Gasteiger partial charge on any atom is 0.234 e. The van der Waals surface area contributed by atoms with Gasteiger partial charge in [0.2, 0.25) is 5.91 Å². The number of phenolic OH excluding ortho intramolecular Hbond substituents is 1. The monoisotopic (exact) mass is 316 g/mol. The molecule has 3 N–H and O–H groups in total. The molecule has 0 radical (unpaired) electrons. The molecule has 23 heavy (non-hydrogen) atoms. The second-order valence-corrected chi connectivity index (χ2v) is 6.02. The first kappa shape index (κ1) is 17.3. The van der Waals surface area contributed by atoms with Crippen molar-refractivity contribution in [3.8, 4) is 18.1 Å². The van der Waals surface area contributed by atoms with Gasteiger partial charge in [-0.05, 0) is 43.4 Å². The minimum Gasteiger partial charge on any atom is -0.508 e. The molecule has 0 aromatic heterocycles.